The number of likely N-dealkylation sites (tertiary alicyclic amines) is 1. The van der Waals surface area contributed by atoms with Crippen LogP contribution in [0.3, 0.4) is 0 Å². The van der Waals surface area contributed by atoms with E-state index in [1.807, 2.05) is 11.0 Å². The van der Waals surface area contributed by atoms with Crippen molar-refractivity contribution in [2.45, 2.75) is 45.2 Å². The van der Waals surface area contributed by atoms with Crippen molar-refractivity contribution < 1.29 is 4.79 Å². The lowest BCUT2D eigenvalue weighted by atomic mass is 9.97. The summed E-state index contributed by atoms with van der Waals surface area (Å²) < 4.78 is 1.91. The van der Waals surface area contributed by atoms with Crippen molar-refractivity contribution >= 4 is 49.1 Å². The first-order valence-electron chi connectivity index (χ1n) is 5.78. The molecule has 1 aliphatic rings. The standard InChI is InChI=1S/C12H15Br2NOS/c1-7-4-3-5-8(2)15(7)12(16)9-6-10(13)17-11(9)14/h6-8H,3-5H2,1-2H3/t7-,8+. The van der Waals surface area contributed by atoms with E-state index >= 15 is 0 Å². The maximum atomic E-state index is 12.5. The van der Waals surface area contributed by atoms with Crippen LogP contribution in [0.2, 0.25) is 0 Å². The number of carbonyl (C=O) groups is 1. The van der Waals surface area contributed by atoms with Gasteiger partial charge in [0, 0.05) is 12.1 Å². The average Bonchev–Trinajstić information content (AvgIpc) is 2.57. The van der Waals surface area contributed by atoms with Gasteiger partial charge in [0.1, 0.15) is 0 Å². The van der Waals surface area contributed by atoms with E-state index in [1.165, 1.54) is 6.42 Å². The lowest BCUT2D eigenvalue weighted by Gasteiger charge is -2.39. The molecule has 5 heteroatoms. The topological polar surface area (TPSA) is 20.3 Å². The summed E-state index contributed by atoms with van der Waals surface area (Å²) in [5.41, 5.74) is 0.780. The molecule has 1 aliphatic heterocycles. The van der Waals surface area contributed by atoms with Crippen molar-refractivity contribution in [3.8, 4) is 0 Å². The highest BCUT2D eigenvalue weighted by atomic mass is 79.9. The van der Waals surface area contributed by atoms with Gasteiger partial charge in [0.05, 0.1) is 13.1 Å². The second kappa shape index (κ2) is 5.41. The highest BCUT2D eigenvalue weighted by Gasteiger charge is 2.31. The Balaban J connectivity index is 2.27. The molecule has 17 heavy (non-hydrogen) atoms. The molecule has 94 valence electrons. The second-order valence-electron chi connectivity index (χ2n) is 4.58. The quantitative estimate of drug-likeness (QED) is 0.692. The zero-order valence-corrected chi connectivity index (χ0v) is 13.9. The summed E-state index contributed by atoms with van der Waals surface area (Å²) in [7, 11) is 0. The van der Waals surface area contributed by atoms with E-state index in [2.05, 4.69) is 45.7 Å². The molecule has 0 N–H and O–H groups in total. The smallest absolute Gasteiger partial charge is 0.256 e. The van der Waals surface area contributed by atoms with E-state index in [0.717, 1.165) is 26.0 Å². The molecule has 0 aromatic carbocycles. The summed E-state index contributed by atoms with van der Waals surface area (Å²) in [6.07, 6.45) is 3.44. The van der Waals surface area contributed by atoms with Crippen molar-refractivity contribution in [1.82, 2.24) is 4.90 Å². The molecule has 2 rings (SSSR count). The molecule has 0 aliphatic carbocycles. The van der Waals surface area contributed by atoms with Gasteiger partial charge in [0.2, 0.25) is 0 Å². The molecule has 0 spiro atoms. The number of amides is 1. The van der Waals surface area contributed by atoms with Crippen LogP contribution in [0.1, 0.15) is 43.5 Å². The van der Waals surface area contributed by atoms with Gasteiger partial charge in [-0.05, 0) is 71.0 Å². The Bertz CT molecular complexity index is 422. The van der Waals surface area contributed by atoms with E-state index < -0.39 is 0 Å². The third-order valence-corrected chi connectivity index (χ3v) is 5.65. The Labute approximate surface area is 123 Å². The average molecular weight is 381 g/mol. The zero-order valence-electron chi connectivity index (χ0n) is 9.87. The van der Waals surface area contributed by atoms with Crippen molar-refractivity contribution in [2.75, 3.05) is 0 Å². The van der Waals surface area contributed by atoms with Crippen molar-refractivity contribution in [3.63, 3.8) is 0 Å². The largest absolute Gasteiger partial charge is 0.333 e. The summed E-state index contributed by atoms with van der Waals surface area (Å²) in [5, 5.41) is 0. The molecule has 2 nitrogen and oxygen atoms in total. The lowest BCUT2D eigenvalue weighted by Crippen LogP contribution is -2.47. The number of thiophene rings is 1. The number of piperidine rings is 1. The third kappa shape index (κ3) is 2.76. The molecule has 1 fully saturated rings. The molecule has 1 amide bonds. The molecule has 0 unspecified atom stereocenters. The number of hydrogen-bond donors (Lipinski definition) is 0. The highest BCUT2D eigenvalue weighted by molar-refractivity contribution is 9.12. The van der Waals surface area contributed by atoms with Gasteiger partial charge in [-0.2, -0.15) is 0 Å². The van der Waals surface area contributed by atoms with Gasteiger partial charge in [-0.1, -0.05) is 0 Å². The summed E-state index contributed by atoms with van der Waals surface area (Å²) in [4.78, 5) is 14.6. The van der Waals surface area contributed by atoms with Crippen molar-refractivity contribution in [3.05, 3.63) is 19.2 Å². The third-order valence-electron chi connectivity index (χ3n) is 3.32. The van der Waals surface area contributed by atoms with Gasteiger partial charge >= 0.3 is 0 Å². The van der Waals surface area contributed by atoms with Crippen LogP contribution in [0.15, 0.2) is 13.6 Å². The Morgan fingerprint density at radius 2 is 1.94 bits per heavy atom. The molecule has 0 bridgehead atoms. The number of halogens is 2. The normalized spacial score (nSPS) is 25.1. The van der Waals surface area contributed by atoms with Crippen LogP contribution in [-0.2, 0) is 0 Å². The van der Waals surface area contributed by atoms with E-state index in [4.69, 9.17) is 0 Å². The Kier molecular flexibility index (Phi) is 4.31. The first-order valence-corrected chi connectivity index (χ1v) is 8.18. The number of hydrogen-bond acceptors (Lipinski definition) is 2. The minimum atomic E-state index is 0.151. The van der Waals surface area contributed by atoms with E-state index in [1.54, 1.807) is 11.3 Å². The summed E-state index contributed by atoms with van der Waals surface area (Å²) in [5.74, 6) is 0.151. The fourth-order valence-electron chi connectivity index (χ4n) is 2.45. The van der Waals surface area contributed by atoms with Crippen molar-refractivity contribution in [1.29, 1.82) is 0 Å². The van der Waals surface area contributed by atoms with Gasteiger partial charge in [0.15, 0.2) is 0 Å². The Morgan fingerprint density at radius 1 is 1.35 bits per heavy atom. The minimum Gasteiger partial charge on any atom is -0.333 e. The van der Waals surface area contributed by atoms with Crippen LogP contribution >= 0.6 is 43.2 Å². The maximum absolute atomic E-state index is 12.5. The number of rotatable bonds is 1. The monoisotopic (exact) mass is 379 g/mol. The van der Waals surface area contributed by atoms with E-state index in [9.17, 15) is 4.79 Å². The summed E-state index contributed by atoms with van der Waals surface area (Å²) >= 11 is 8.44. The second-order valence-corrected chi connectivity index (χ2v) is 8.33. The van der Waals surface area contributed by atoms with Crippen LogP contribution in [0.4, 0.5) is 0 Å². The number of carbonyl (C=O) groups excluding carboxylic acids is 1. The minimum absolute atomic E-state index is 0.151. The van der Waals surface area contributed by atoms with Gasteiger partial charge in [-0.3, -0.25) is 4.79 Å². The molecule has 1 aromatic heterocycles. The lowest BCUT2D eigenvalue weighted by molar-refractivity contribution is 0.0510. The van der Waals surface area contributed by atoms with Crippen LogP contribution in [0, 0.1) is 0 Å². The molecule has 2 atom stereocenters. The SMILES string of the molecule is C[C@@H]1CCC[C@H](C)N1C(=O)c1cc(Br)sc1Br. The molecule has 1 saturated heterocycles. The maximum Gasteiger partial charge on any atom is 0.256 e. The van der Waals surface area contributed by atoms with Crippen molar-refractivity contribution in [2.24, 2.45) is 0 Å². The van der Waals surface area contributed by atoms with Crippen LogP contribution in [-0.4, -0.2) is 22.9 Å². The van der Waals surface area contributed by atoms with E-state index in [-0.39, 0.29) is 5.91 Å². The van der Waals surface area contributed by atoms with Gasteiger partial charge in [-0.15, -0.1) is 11.3 Å². The summed E-state index contributed by atoms with van der Waals surface area (Å²) in [6, 6.07) is 2.60. The zero-order chi connectivity index (χ0) is 12.6. The molecular formula is C12H15Br2NOS. The first kappa shape index (κ1) is 13.6. The highest BCUT2D eigenvalue weighted by Crippen LogP contribution is 2.34. The molecular weight excluding hydrogens is 366 g/mol. The fourth-order valence-corrected chi connectivity index (χ4v) is 5.22. The molecule has 1 aromatic rings. The Morgan fingerprint density at radius 3 is 2.41 bits per heavy atom. The predicted octanol–water partition coefficient (Wildman–Crippen LogP) is 4.68. The molecule has 0 saturated carbocycles. The fraction of sp³-hybridized carbons (Fsp3) is 0.583. The molecule has 0 radical (unpaired) electrons. The van der Waals surface area contributed by atoms with Gasteiger partial charge < -0.3 is 4.90 Å². The molecule has 2 heterocycles. The van der Waals surface area contributed by atoms with Gasteiger partial charge in [0.25, 0.3) is 5.91 Å². The summed E-state index contributed by atoms with van der Waals surface area (Å²) in [6.45, 7) is 4.28. The van der Waals surface area contributed by atoms with Crippen LogP contribution < -0.4 is 0 Å². The predicted molar refractivity (Wildman–Crippen MR) is 78.7 cm³/mol. The Hall–Kier alpha value is 0.130. The van der Waals surface area contributed by atoms with Crippen LogP contribution in [0.5, 0.6) is 0 Å². The number of nitrogens with zero attached hydrogens (tertiary/aromatic N) is 1. The van der Waals surface area contributed by atoms with Crippen LogP contribution in [0.25, 0.3) is 0 Å². The van der Waals surface area contributed by atoms with E-state index in [0.29, 0.717) is 12.1 Å². The first-order chi connectivity index (χ1) is 8.00. The van der Waals surface area contributed by atoms with Gasteiger partial charge in [-0.25, -0.2) is 0 Å².